The summed E-state index contributed by atoms with van der Waals surface area (Å²) in [5.41, 5.74) is 0. The van der Waals surface area contributed by atoms with Crippen molar-refractivity contribution in [3.8, 4) is 0 Å². The van der Waals surface area contributed by atoms with Crippen LogP contribution in [0.5, 0.6) is 0 Å². The number of hydrogen-bond donors (Lipinski definition) is 2. The molecule has 0 saturated heterocycles. The zero-order valence-corrected chi connectivity index (χ0v) is 13.7. The van der Waals surface area contributed by atoms with E-state index in [1.165, 1.54) is 0 Å². The molecule has 0 heterocycles. The van der Waals surface area contributed by atoms with Gasteiger partial charge >= 0.3 is 0 Å². The van der Waals surface area contributed by atoms with Crippen molar-refractivity contribution in [2.45, 2.75) is 63.9 Å². The average molecular weight is 297 g/mol. The van der Waals surface area contributed by atoms with Crippen LogP contribution < -0.4 is 9.44 Å². The minimum atomic E-state index is -0.895. The molecule has 110 valence electrons. The first-order valence-electron chi connectivity index (χ1n) is 6.73. The Labute approximate surface area is 117 Å². The second-order valence-electron chi connectivity index (χ2n) is 4.90. The normalized spacial score (nSPS) is 15.2. The van der Waals surface area contributed by atoms with Crippen LogP contribution in [0.1, 0.15) is 53.4 Å². The molecule has 4 nitrogen and oxygen atoms in total. The molecule has 0 aliphatic carbocycles. The number of unbranched alkanes of at least 4 members (excludes halogenated alkanes) is 3. The van der Waals surface area contributed by atoms with Crippen molar-refractivity contribution in [2.75, 3.05) is 13.1 Å². The van der Waals surface area contributed by atoms with Gasteiger partial charge in [-0.2, -0.15) is 0 Å². The van der Waals surface area contributed by atoms with Crippen LogP contribution in [0.25, 0.3) is 0 Å². The molecule has 0 rings (SSSR count). The van der Waals surface area contributed by atoms with Crippen molar-refractivity contribution >= 4 is 22.0 Å². The first-order chi connectivity index (χ1) is 8.45. The molecule has 0 aromatic heterocycles. The molecule has 0 fully saturated rings. The Morgan fingerprint density at radius 1 is 0.722 bits per heavy atom. The lowest BCUT2D eigenvalue weighted by molar-refractivity contribution is 0.614. The van der Waals surface area contributed by atoms with Crippen LogP contribution in [-0.2, 0) is 22.0 Å². The van der Waals surface area contributed by atoms with Gasteiger partial charge in [-0.25, -0.2) is 17.9 Å². The molecule has 0 aromatic carbocycles. The summed E-state index contributed by atoms with van der Waals surface area (Å²) < 4.78 is 28.8. The van der Waals surface area contributed by atoms with Crippen LogP contribution >= 0.6 is 0 Å². The van der Waals surface area contributed by atoms with E-state index in [2.05, 4.69) is 9.44 Å². The second-order valence-corrected chi connectivity index (χ2v) is 8.55. The van der Waals surface area contributed by atoms with Gasteiger partial charge in [-0.1, -0.05) is 12.8 Å². The highest BCUT2D eigenvalue weighted by molar-refractivity contribution is 7.83. The summed E-state index contributed by atoms with van der Waals surface area (Å²) in [6.45, 7) is 9.42. The van der Waals surface area contributed by atoms with E-state index >= 15 is 0 Å². The van der Waals surface area contributed by atoms with E-state index in [9.17, 15) is 8.42 Å². The minimum absolute atomic E-state index is 0.181. The minimum Gasteiger partial charge on any atom is -0.243 e. The van der Waals surface area contributed by atoms with Gasteiger partial charge in [-0.05, 0) is 40.5 Å². The maximum absolute atomic E-state index is 11.4. The molecule has 18 heavy (non-hydrogen) atoms. The molecule has 0 aliphatic heterocycles. The first-order valence-corrected chi connectivity index (χ1v) is 9.16. The van der Waals surface area contributed by atoms with E-state index in [0.29, 0.717) is 0 Å². The van der Waals surface area contributed by atoms with Crippen LogP contribution in [0, 0.1) is 0 Å². The van der Waals surface area contributed by atoms with Crippen LogP contribution in [0.4, 0.5) is 0 Å². The quantitative estimate of drug-likeness (QED) is 0.572. The predicted octanol–water partition coefficient (Wildman–Crippen LogP) is 1.87. The Balaban J connectivity index is 3.27. The highest BCUT2D eigenvalue weighted by atomic mass is 32.2. The number of hydrogen-bond acceptors (Lipinski definition) is 2. The van der Waals surface area contributed by atoms with Crippen molar-refractivity contribution in [2.24, 2.45) is 0 Å². The Hall–Kier alpha value is 0.220. The number of rotatable bonds is 11. The topological polar surface area (TPSA) is 58.2 Å². The molecule has 0 aliphatic rings. The van der Waals surface area contributed by atoms with Crippen molar-refractivity contribution in [3.63, 3.8) is 0 Å². The van der Waals surface area contributed by atoms with E-state index in [1.54, 1.807) is 0 Å². The third kappa shape index (κ3) is 10.2. The monoisotopic (exact) mass is 296 g/mol. The molecule has 0 unspecified atom stereocenters. The van der Waals surface area contributed by atoms with Gasteiger partial charge < -0.3 is 0 Å². The molecule has 2 atom stereocenters. The first kappa shape index (κ1) is 18.2. The zero-order valence-electron chi connectivity index (χ0n) is 12.0. The van der Waals surface area contributed by atoms with Gasteiger partial charge in [0.25, 0.3) is 0 Å². The summed E-state index contributed by atoms with van der Waals surface area (Å²) in [6.07, 6.45) is 4.34. The molecule has 6 heteroatoms. The Morgan fingerprint density at radius 3 is 1.33 bits per heavy atom. The van der Waals surface area contributed by atoms with E-state index in [0.717, 1.165) is 38.8 Å². The smallest absolute Gasteiger partial charge is 0.0941 e. The summed E-state index contributed by atoms with van der Waals surface area (Å²) in [7, 11) is -1.79. The summed E-state index contributed by atoms with van der Waals surface area (Å²) in [6, 6.07) is 0. The van der Waals surface area contributed by atoms with Gasteiger partial charge in [0.2, 0.25) is 0 Å². The van der Waals surface area contributed by atoms with E-state index in [-0.39, 0.29) is 10.5 Å². The fourth-order valence-electron chi connectivity index (χ4n) is 1.28. The second kappa shape index (κ2) is 11.1. The standard InChI is InChI=1S/C12H28N2O2S2/c1-11(2)17(15)13-9-7-5-6-8-10-14-18(16)12(3)4/h11-14H,5-10H2,1-4H3/t17-,18-/m0/s1. The number of nitrogens with one attached hydrogen (secondary N) is 2. The molecule has 0 radical (unpaired) electrons. The van der Waals surface area contributed by atoms with Gasteiger partial charge in [0, 0.05) is 23.6 Å². The van der Waals surface area contributed by atoms with Crippen molar-refractivity contribution < 1.29 is 8.42 Å². The Kier molecular flexibility index (Phi) is 11.2. The Morgan fingerprint density at radius 2 is 1.06 bits per heavy atom. The van der Waals surface area contributed by atoms with Gasteiger partial charge in [0.15, 0.2) is 0 Å². The maximum Gasteiger partial charge on any atom is 0.0941 e. The van der Waals surface area contributed by atoms with Gasteiger partial charge in [-0.15, -0.1) is 0 Å². The SMILES string of the molecule is CC(C)[S@](=O)NCCCCCCN[S@@](=O)C(C)C. The van der Waals surface area contributed by atoms with Gasteiger partial charge in [-0.3, -0.25) is 0 Å². The third-order valence-corrected chi connectivity index (χ3v) is 5.14. The molecule has 0 saturated carbocycles. The largest absolute Gasteiger partial charge is 0.243 e. The fourth-order valence-corrected chi connectivity index (χ4v) is 2.64. The van der Waals surface area contributed by atoms with Crippen molar-refractivity contribution in [3.05, 3.63) is 0 Å². The third-order valence-electron chi connectivity index (χ3n) is 2.45. The summed E-state index contributed by atoms with van der Waals surface area (Å²) in [5, 5.41) is 0.362. The molecule has 2 N–H and O–H groups in total. The summed E-state index contributed by atoms with van der Waals surface area (Å²) >= 11 is 0. The molecule has 0 aromatic rings. The van der Waals surface area contributed by atoms with Crippen LogP contribution in [0.15, 0.2) is 0 Å². The molecule has 0 bridgehead atoms. The predicted molar refractivity (Wildman–Crippen MR) is 81.0 cm³/mol. The van der Waals surface area contributed by atoms with Crippen LogP contribution in [-0.4, -0.2) is 32.0 Å². The lowest BCUT2D eigenvalue weighted by Gasteiger charge is -2.08. The molecule has 0 amide bonds. The van der Waals surface area contributed by atoms with Crippen LogP contribution in [0.2, 0.25) is 0 Å². The van der Waals surface area contributed by atoms with E-state index in [4.69, 9.17) is 0 Å². The Bertz CT molecular complexity index is 232. The van der Waals surface area contributed by atoms with Gasteiger partial charge in [0.1, 0.15) is 0 Å². The average Bonchev–Trinajstić information content (AvgIpc) is 2.31. The molecular weight excluding hydrogens is 268 g/mol. The summed E-state index contributed by atoms with van der Waals surface area (Å²) in [4.78, 5) is 0. The lowest BCUT2D eigenvalue weighted by Crippen LogP contribution is -2.25. The van der Waals surface area contributed by atoms with E-state index in [1.807, 2.05) is 27.7 Å². The zero-order chi connectivity index (χ0) is 14.0. The lowest BCUT2D eigenvalue weighted by atomic mass is 10.2. The highest BCUT2D eigenvalue weighted by Crippen LogP contribution is 1.99. The van der Waals surface area contributed by atoms with Crippen molar-refractivity contribution in [1.29, 1.82) is 0 Å². The highest BCUT2D eigenvalue weighted by Gasteiger charge is 2.04. The maximum atomic E-state index is 11.4. The van der Waals surface area contributed by atoms with Gasteiger partial charge in [0.05, 0.1) is 22.0 Å². The van der Waals surface area contributed by atoms with Crippen molar-refractivity contribution in [1.82, 2.24) is 9.44 Å². The molecular formula is C12H28N2O2S2. The fraction of sp³-hybridized carbons (Fsp3) is 1.00. The van der Waals surface area contributed by atoms with Crippen LogP contribution in [0.3, 0.4) is 0 Å². The summed E-state index contributed by atoms with van der Waals surface area (Å²) in [5.74, 6) is 0. The van der Waals surface area contributed by atoms with E-state index < -0.39 is 22.0 Å². The molecule has 0 spiro atoms.